The summed E-state index contributed by atoms with van der Waals surface area (Å²) >= 11 is 7.25. The molecule has 1 N–H and O–H groups in total. The molecule has 2 aromatic carbocycles. The molecule has 32 heavy (non-hydrogen) atoms. The minimum atomic E-state index is -0.263. The summed E-state index contributed by atoms with van der Waals surface area (Å²) in [5, 5.41) is 21.6. The summed E-state index contributed by atoms with van der Waals surface area (Å²) in [6, 6.07) is 12.5. The molecule has 3 aromatic rings. The van der Waals surface area contributed by atoms with Crippen molar-refractivity contribution in [3.05, 3.63) is 58.4 Å². The molecule has 0 aliphatic rings. The van der Waals surface area contributed by atoms with Crippen molar-refractivity contribution < 1.29 is 14.3 Å². The second-order valence-corrected chi connectivity index (χ2v) is 8.03. The van der Waals surface area contributed by atoms with E-state index in [2.05, 4.69) is 15.5 Å². The molecule has 0 saturated heterocycles. The van der Waals surface area contributed by atoms with Crippen LogP contribution in [-0.4, -0.2) is 40.6 Å². The van der Waals surface area contributed by atoms with Gasteiger partial charge in [0.05, 0.1) is 31.2 Å². The summed E-state index contributed by atoms with van der Waals surface area (Å²) in [5.74, 6) is 1.95. The van der Waals surface area contributed by atoms with Crippen LogP contribution in [0.15, 0.2) is 41.6 Å². The number of thioether (sulfide) groups is 1. The van der Waals surface area contributed by atoms with E-state index in [9.17, 15) is 10.1 Å². The predicted molar refractivity (Wildman–Crippen MR) is 124 cm³/mol. The number of amides is 1. The summed E-state index contributed by atoms with van der Waals surface area (Å²) in [6.07, 6.45) is 0.558. The number of anilines is 1. The molecule has 0 saturated carbocycles. The third-order valence-corrected chi connectivity index (χ3v) is 5.83. The fourth-order valence-corrected chi connectivity index (χ4v) is 4.07. The van der Waals surface area contributed by atoms with Crippen LogP contribution in [0.4, 0.5) is 5.69 Å². The van der Waals surface area contributed by atoms with Gasteiger partial charge in [0.25, 0.3) is 0 Å². The van der Waals surface area contributed by atoms with E-state index in [1.165, 1.54) is 11.8 Å². The van der Waals surface area contributed by atoms with Crippen molar-refractivity contribution >= 4 is 35.0 Å². The molecule has 0 radical (unpaired) electrons. The highest BCUT2D eigenvalue weighted by molar-refractivity contribution is 7.99. The zero-order valence-corrected chi connectivity index (χ0v) is 19.5. The van der Waals surface area contributed by atoms with Crippen molar-refractivity contribution in [1.29, 1.82) is 5.26 Å². The Morgan fingerprint density at radius 2 is 1.97 bits per heavy atom. The lowest BCUT2D eigenvalue weighted by atomic mass is 10.1. The molecule has 0 aliphatic carbocycles. The number of nitriles is 1. The fourth-order valence-electron chi connectivity index (χ4n) is 3.08. The highest BCUT2D eigenvalue weighted by Crippen LogP contribution is 2.29. The number of nitrogens with one attached hydrogen (secondary N) is 1. The van der Waals surface area contributed by atoms with Crippen LogP contribution in [0.25, 0.3) is 0 Å². The molecule has 10 heteroatoms. The van der Waals surface area contributed by atoms with Crippen LogP contribution in [0.5, 0.6) is 11.5 Å². The lowest BCUT2D eigenvalue weighted by molar-refractivity contribution is -0.113. The van der Waals surface area contributed by atoms with Crippen molar-refractivity contribution in [2.24, 2.45) is 0 Å². The smallest absolute Gasteiger partial charge is 0.234 e. The van der Waals surface area contributed by atoms with Gasteiger partial charge in [-0.3, -0.25) is 4.79 Å². The minimum absolute atomic E-state index is 0.117. The van der Waals surface area contributed by atoms with E-state index in [1.807, 2.05) is 35.8 Å². The first-order valence-corrected chi connectivity index (χ1v) is 11.1. The first kappa shape index (κ1) is 23.4. The summed E-state index contributed by atoms with van der Waals surface area (Å²) in [6.45, 7) is 2.66. The third-order valence-electron chi connectivity index (χ3n) is 4.63. The van der Waals surface area contributed by atoms with Crippen molar-refractivity contribution in [1.82, 2.24) is 14.8 Å². The lowest BCUT2D eigenvalue weighted by Gasteiger charge is -2.11. The topological polar surface area (TPSA) is 102 Å². The number of methoxy groups -OCH3 is 2. The molecule has 1 aromatic heterocycles. The molecule has 1 amide bonds. The second kappa shape index (κ2) is 10.9. The van der Waals surface area contributed by atoms with Crippen LogP contribution in [0, 0.1) is 11.3 Å². The average molecular weight is 472 g/mol. The largest absolute Gasteiger partial charge is 0.493 e. The molecular weight excluding hydrogens is 450 g/mol. The first-order chi connectivity index (χ1) is 15.5. The van der Waals surface area contributed by atoms with Crippen LogP contribution in [0.3, 0.4) is 0 Å². The molecular formula is C22H22ClN5O3S. The van der Waals surface area contributed by atoms with Gasteiger partial charge in [0.1, 0.15) is 11.9 Å². The van der Waals surface area contributed by atoms with Gasteiger partial charge in [0, 0.05) is 18.0 Å². The molecule has 8 nitrogen and oxygen atoms in total. The van der Waals surface area contributed by atoms with E-state index in [0.717, 1.165) is 11.4 Å². The van der Waals surface area contributed by atoms with E-state index in [1.54, 1.807) is 32.4 Å². The Labute approximate surface area is 195 Å². The summed E-state index contributed by atoms with van der Waals surface area (Å²) in [7, 11) is 3.19. The van der Waals surface area contributed by atoms with Gasteiger partial charge >= 0.3 is 0 Å². The fraction of sp³-hybridized carbons (Fsp3) is 0.273. The summed E-state index contributed by atoms with van der Waals surface area (Å²) < 4.78 is 12.6. The van der Waals surface area contributed by atoms with Gasteiger partial charge in [-0.05, 0) is 42.8 Å². The molecule has 3 rings (SSSR count). The molecule has 0 bridgehead atoms. The number of nitrogens with zero attached hydrogens (tertiary/aromatic N) is 4. The molecule has 0 spiro atoms. The number of aromatic nitrogens is 3. The van der Waals surface area contributed by atoms with E-state index in [0.29, 0.717) is 45.9 Å². The van der Waals surface area contributed by atoms with E-state index >= 15 is 0 Å². The molecule has 0 fully saturated rings. The van der Waals surface area contributed by atoms with Gasteiger partial charge in [-0.2, -0.15) is 5.26 Å². The molecule has 0 unspecified atom stereocenters. The maximum Gasteiger partial charge on any atom is 0.234 e. The predicted octanol–water partition coefficient (Wildman–Crippen LogP) is 4.16. The Bertz CT molecular complexity index is 1160. The third kappa shape index (κ3) is 5.52. The highest BCUT2D eigenvalue weighted by Gasteiger charge is 2.15. The van der Waals surface area contributed by atoms with Crippen LogP contribution in [0.1, 0.15) is 23.9 Å². The molecule has 0 atom stereocenters. The number of carbonyl (C=O) groups excluding carboxylic acids is 1. The first-order valence-electron chi connectivity index (χ1n) is 9.74. The molecule has 0 aliphatic heterocycles. The number of carbonyl (C=O) groups is 1. The van der Waals surface area contributed by atoms with Crippen molar-refractivity contribution in [2.75, 3.05) is 25.3 Å². The number of hydrogen-bond acceptors (Lipinski definition) is 7. The Balaban J connectivity index is 1.68. The van der Waals surface area contributed by atoms with Crippen LogP contribution < -0.4 is 14.8 Å². The standard InChI is InChI=1S/C22H22ClN5O3S/c1-4-28-20(10-14-5-8-18(30-2)19(9-14)31-3)26-27-22(28)32-13-21(29)25-17-11-16(23)7-6-15(17)12-24/h5-9,11H,4,10,13H2,1-3H3,(H,25,29). The monoisotopic (exact) mass is 471 g/mol. The zero-order valence-electron chi connectivity index (χ0n) is 17.9. The Morgan fingerprint density at radius 3 is 2.66 bits per heavy atom. The number of ether oxygens (including phenoxy) is 2. The quantitative estimate of drug-likeness (QED) is 0.467. The van der Waals surface area contributed by atoms with E-state index in [4.69, 9.17) is 21.1 Å². The van der Waals surface area contributed by atoms with Crippen LogP contribution >= 0.6 is 23.4 Å². The van der Waals surface area contributed by atoms with E-state index < -0.39 is 0 Å². The minimum Gasteiger partial charge on any atom is -0.493 e. The normalized spacial score (nSPS) is 10.5. The van der Waals surface area contributed by atoms with Gasteiger partial charge in [-0.15, -0.1) is 10.2 Å². The van der Waals surface area contributed by atoms with Crippen LogP contribution in [-0.2, 0) is 17.8 Å². The maximum atomic E-state index is 12.4. The van der Waals surface area contributed by atoms with Crippen molar-refractivity contribution in [2.45, 2.75) is 25.0 Å². The van der Waals surface area contributed by atoms with Gasteiger partial charge < -0.3 is 19.4 Å². The van der Waals surface area contributed by atoms with Gasteiger partial charge in [0.15, 0.2) is 16.7 Å². The number of rotatable bonds is 9. The Hall–Kier alpha value is -3.22. The van der Waals surface area contributed by atoms with Crippen molar-refractivity contribution in [3.63, 3.8) is 0 Å². The second-order valence-electron chi connectivity index (χ2n) is 6.65. The van der Waals surface area contributed by atoms with Gasteiger partial charge in [-0.1, -0.05) is 29.4 Å². The zero-order chi connectivity index (χ0) is 23.1. The SMILES string of the molecule is CCn1c(Cc2ccc(OC)c(OC)c2)nnc1SCC(=O)Nc1cc(Cl)ccc1C#N. The summed E-state index contributed by atoms with van der Waals surface area (Å²) in [4.78, 5) is 12.4. The van der Waals surface area contributed by atoms with Gasteiger partial charge in [0.2, 0.25) is 5.91 Å². The average Bonchev–Trinajstić information content (AvgIpc) is 3.19. The number of halogens is 1. The lowest BCUT2D eigenvalue weighted by Crippen LogP contribution is -2.15. The molecule has 1 heterocycles. The maximum absolute atomic E-state index is 12.4. The number of benzene rings is 2. The van der Waals surface area contributed by atoms with Crippen molar-refractivity contribution in [3.8, 4) is 17.6 Å². The number of hydrogen-bond donors (Lipinski definition) is 1. The van der Waals surface area contributed by atoms with Gasteiger partial charge in [-0.25, -0.2) is 0 Å². The van der Waals surface area contributed by atoms with Crippen LogP contribution in [0.2, 0.25) is 5.02 Å². The summed E-state index contributed by atoms with van der Waals surface area (Å²) in [5.41, 5.74) is 1.74. The highest BCUT2D eigenvalue weighted by atomic mass is 35.5. The Morgan fingerprint density at radius 1 is 1.19 bits per heavy atom. The Kier molecular flexibility index (Phi) is 7.98. The molecule has 166 valence electrons. The van der Waals surface area contributed by atoms with E-state index in [-0.39, 0.29) is 11.7 Å².